The van der Waals surface area contributed by atoms with Crippen molar-refractivity contribution in [3.05, 3.63) is 52.9 Å². The summed E-state index contributed by atoms with van der Waals surface area (Å²) in [6.45, 7) is 0. The van der Waals surface area contributed by atoms with E-state index in [1.165, 1.54) is 37.6 Å². The van der Waals surface area contributed by atoms with Crippen molar-refractivity contribution in [2.24, 2.45) is 0 Å². The zero-order valence-electron chi connectivity index (χ0n) is 14.6. The van der Waals surface area contributed by atoms with E-state index in [0.29, 0.717) is 23.0 Å². The van der Waals surface area contributed by atoms with Gasteiger partial charge in [0.15, 0.2) is 0 Å². The molecule has 0 spiro atoms. The monoisotopic (exact) mass is 386 g/mol. The van der Waals surface area contributed by atoms with Gasteiger partial charge in [0, 0.05) is 17.7 Å². The van der Waals surface area contributed by atoms with Gasteiger partial charge in [-0.15, -0.1) is 0 Å². The highest BCUT2D eigenvalue weighted by atomic mass is 32.2. The molecule has 0 saturated heterocycles. The fourth-order valence-corrected chi connectivity index (χ4v) is 3.90. The number of hydrogen-bond donors (Lipinski definition) is 2. The lowest BCUT2D eigenvalue weighted by Crippen LogP contribution is -2.06. The number of benzene rings is 1. The minimum absolute atomic E-state index is 0.147. The van der Waals surface area contributed by atoms with Gasteiger partial charge in [0.25, 0.3) is 15.1 Å². The number of rotatable bonds is 3. The van der Waals surface area contributed by atoms with Crippen molar-refractivity contribution < 1.29 is 12.8 Å². The summed E-state index contributed by atoms with van der Waals surface area (Å²) >= 11 is 0. The molecule has 1 fully saturated rings. The fraction of sp³-hybridized carbons (Fsp3) is 0.316. The van der Waals surface area contributed by atoms with Crippen LogP contribution in [0.15, 0.2) is 36.5 Å². The molecule has 0 radical (unpaired) electrons. The van der Waals surface area contributed by atoms with Gasteiger partial charge < -0.3 is 9.97 Å². The van der Waals surface area contributed by atoms with Crippen molar-refractivity contribution in [1.29, 1.82) is 0 Å². The normalized spacial score (nSPS) is 15.0. The summed E-state index contributed by atoms with van der Waals surface area (Å²) in [6, 6.07) is 7.81. The highest BCUT2D eigenvalue weighted by Crippen LogP contribution is 2.36. The average molecular weight is 386 g/mol. The summed E-state index contributed by atoms with van der Waals surface area (Å²) in [7, 11) is -2.47. The van der Waals surface area contributed by atoms with E-state index in [9.17, 15) is 12.8 Å². The van der Waals surface area contributed by atoms with Gasteiger partial charge in [-0.2, -0.15) is 8.42 Å². The molecule has 2 N–H and O–H groups in total. The number of aromatic amines is 2. The van der Waals surface area contributed by atoms with Crippen LogP contribution in [0.5, 0.6) is 0 Å². The van der Waals surface area contributed by atoms with Gasteiger partial charge in [-0.3, -0.25) is 0 Å². The lowest BCUT2D eigenvalue weighted by Gasteiger charge is -2.19. The van der Waals surface area contributed by atoms with Gasteiger partial charge in [0.05, 0.1) is 17.1 Å². The molecule has 140 valence electrons. The zero-order valence-corrected chi connectivity index (χ0v) is 15.4. The predicted octanol–water partition coefficient (Wildman–Crippen LogP) is 4.06. The third kappa shape index (κ3) is 3.71. The second-order valence-corrected chi connectivity index (χ2v) is 7.56. The van der Waals surface area contributed by atoms with Crippen LogP contribution < -0.4 is 0 Å². The lowest BCUT2D eigenvalue weighted by atomic mass is 9.89. The molecule has 0 bridgehead atoms. The largest absolute Gasteiger partial charge is 0.340 e. The van der Waals surface area contributed by atoms with Gasteiger partial charge in [0.1, 0.15) is 11.6 Å². The minimum atomic E-state index is -2.47. The topological polar surface area (TPSA) is 91.5 Å². The van der Waals surface area contributed by atoms with E-state index < -0.39 is 10.3 Å². The SMILES string of the molecule is O=S(=O)=c1nc(-c2[nH]c(C3CCCCC3)nc2-c2ccc(F)cc2)cc[nH]1. The Kier molecular flexibility index (Phi) is 4.89. The van der Waals surface area contributed by atoms with Crippen LogP contribution in [0.3, 0.4) is 0 Å². The smallest absolute Gasteiger partial charge is 0.258 e. The van der Waals surface area contributed by atoms with Crippen LogP contribution in [0, 0.1) is 10.6 Å². The number of H-pyrrole nitrogens is 2. The summed E-state index contributed by atoms with van der Waals surface area (Å²) in [4.78, 5) is 15.0. The molecule has 3 aromatic rings. The van der Waals surface area contributed by atoms with E-state index in [1.54, 1.807) is 18.2 Å². The number of hydrogen-bond acceptors (Lipinski definition) is 4. The summed E-state index contributed by atoms with van der Waals surface area (Å²) in [5, 5.41) is 0. The molecule has 1 saturated carbocycles. The van der Waals surface area contributed by atoms with Gasteiger partial charge in [0.2, 0.25) is 0 Å². The van der Waals surface area contributed by atoms with Crippen LogP contribution in [0.2, 0.25) is 0 Å². The van der Waals surface area contributed by atoms with Gasteiger partial charge >= 0.3 is 0 Å². The number of nitrogens with one attached hydrogen (secondary N) is 2. The number of imidazole rings is 1. The zero-order chi connectivity index (χ0) is 18.8. The Hall–Kier alpha value is -2.74. The molecule has 1 aliphatic rings. The van der Waals surface area contributed by atoms with E-state index in [-0.39, 0.29) is 10.6 Å². The van der Waals surface area contributed by atoms with E-state index in [4.69, 9.17) is 4.98 Å². The van der Waals surface area contributed by atoms with Crippen LogP contribution in [0.4, 0.5) is 4.39 Å². The Morgan fingerprint density at radius 1 is 1.00 bits per heavy atom. The molecule has 0 aliphatic heterocycles. The van der Waals surface area contributed by atoms with Crippen LogP contribution in [-0.2, 0) is 10.3 Å². The molecule has 4 rings (SSSR count). The number of aromatic nitrogens is 4. The quantitative estimate of drug-likeness (QED) is 0.664. The molecule has 6 nitrogen and oxygen atoms in total. The van der Waals surface area contributed by atoms with Crippen molar-refractivity contribution in [1.82, 2.24) is 19.9 Å². The minimum Gasteiger partial charge on any atom is -0.340 e. The first-order valence-corrected chi connectivity index (χ1v) is 10.0. The van der Waals surface area contributed by atoms with E-state index in [1.807, 2.05) is 0 Å². The summed E-state index contributed by atoms with van der Waals surface area (Å²) < 4.78 is 35.7. The third-order valence-electron chi connectivity index (χ3n) is 4.92. The molecule has 2 heterocycles. The maximum absolute atomic E-state index is 13.4. The van der Waals surface area contributed by atoms with Crippen molar-refractivity contribution in [2.75, 3.05) is 0 Å². The third-order valence-corrected chi connectivity index (χ3v) is 5.44. The molecule has 0 atom stereocenters. The average Bonchev–Trinajstić information content (AvgIpc) is 3.15. The molecular formula is C19H19FN4O2S. The van der Waals surface area contributed by atoms with Crippen molar-refractivity contribution in [2.45, 2.75) is 38.0 Å². The molecule has 0 amide bonds. The van der Waals surface area contributed by atoms with E-state index in [0.717, 1.165) is 24.2 Å². The highest BCUT2D eigenvalue weighted by Gasteiger charge is 2.22. The lowest BCUT2D eigenvalue weighted by molar-refractivity contribution is 0.431. The van der Waals surface area contributed by atoms with E-state index >= 15 is 0 Å². The number of halogens is 1. The van der Waals surface area contributed by atoms with Gasteiger partial charge in [-0.25, -0.2) is 14.4 Å². The van der Waals surface area contributed by atoms with Crippen LogP contribution in [0.1, 0.15) is 43.8 Å². The molecule has 8 heteroatoms. The summed E-state index contributed by atoms with van der Waals surface area (Å²) in [6.07, 6.45) is 7.25. The first-order chi connectivity index (χ1) is 13.1. The molecule has 0 unspecified atom stereocenters. The van der Waals surface area contributed by atoms with Gasteiger partial charge in [-0.05, 0) is 43.2 Å². The van der Waals surface area contributed by atoms with Crippen LogP contribution in [0.25, 0.3) is 22.6 Å². The highest BCUT2D eigenvalue weighted by molar-refractivity contribution is 7.63. The van der Waals surface area contributed by atoms with E-state index in [2.05, 4.69) is 15.0 Å². The van der Waals surface area contributed by atoms with Crippen LogP contribution >= 0.6 is 0 Å². The molecule has 27 heavy (non-hydrogen) atoms. The Bertz CT molecular complexity index is 1120. The molecular weight excluding hydrogens is 367 g/mol. The summed E-state index contributed by atoms with van der Waals surface area (Å²) in [5.41, 5.74) is 2.52. The Labute approximate surface area is 157 Å². The molecule has 2 aromatic heterocycles. The van der Waals surface area contributed by atoms with Crippen molar-refractivity contribution in [3.8, 4) is 22.6 Å². The molecule has 1 aliphatic carbocycles. The van der Waals surface area contributed by atoms with Gasteiger partial charge in [-0.1, -0.05) is 19.3 Å². The number of nitrogens with zero attached hydrogens (tertiary/aromatic N) is 2. The Balaban J connectivity index is 1.88. The maximum Gasteiger partial charge on any atom is 0.258 e. The summed E-state index contributed by atoms with van der Waals surface area (Å²) in [5.74, 6) is 0.901. The Morgan fingerprint density at radius 2 is 1.74 bits per heavy atom. The first kappa shape index (κ1) is 17.7. The first-order valence-electron chi connectivity index (χ1n) is 8.96. The van der Waals surface area contributed by atoms with Crippen molar-refractivity contribution >= 4 is 10.3 Å². The predicted molar refractivity (Wildman–Crippen MR) is 99.6 cm³/mol. The maximum atomic E-state index is 13.4. The fourth-order valence-electron chi connectivity index (χ4n) is 3.56. The van der Waals surface area contributed by atoms with Crippen LogP contribution in [-0.4, -0.2) is 28.4 Å². The van der Waals surface area contributed by atoms with Crippen molar-refractivity contribution in [3.63, 3.8) is 0 Å². The Morgan fingerprint density at radius 3 is 2.44 bits per heavy atom. The molecule has 1 aromatic carbocycles. The second-order valence-electron chi connectivity index (χ2n) is 6.70. The standard InChI is InChI=1S/C19H19FN4O2S/c20-14-8-6-12(7-9-14)16-17(15-10-11-21-19(22-15)27(25)26)24-18(23-16)13-4-2-1-3-5-13/h6-11,13,21H,1-5H2,(H,23,24). The second kappa shape index (κ2) is 7.48.